The lowest BCUT2D eigenvalue weighted by atomic mass is 10.1. The molecule has 0 aliphatic heterocycles. The molecule has 0 saturated carbocycles. The van der Waals surface area contributed by atoms with Gasteiger partial charge in [-0.15, -0.1) is 0 Å². The second-order valence-corrected chi connectivity index (χ2v) is 4.43. The van der Waals surface area contributed by atoms with Crippen molar-refractivity contribution >= 4 is 17.1 Å². The lowest BCUT2D eigenvalue weighted by molar-refractivity contribution is -0.117. The lowest BCUT2D eigenvalue weighted by Gasteiger charge is -2.03. The van der Waals surface area contributed by atoms with E-state index in [-0.39, 0.29) is 5.78 Å². The second kappa shape index (κ2) is 5.07. The summed E-state index contributed by atoms with van der Waals surface area (Å²) in [6.45, 7) is 2.91. The highest BCUT2D eigenvalue weighted by Gasteiger charge is 2.09. The summed E-state index contributed by atoms with van der Waals surface area (Å²) in [5, 5.41) is 4.01. The Kier molecular flexibility index (Phi) is 3.51. The van der Waals surface area contributed by atoms with Gasteiger partial charge in [0.25, 0.3) is 0 Å². The first-order valence-corrected chi connectivity index (χ1v) is 6.26. The van der Waals surface area contributed by atoms with Gasteiger partial charge in [0.2, 0.25) is 0 Å². The maximum atomic E-state index is 11.8. The number of ketones is 1. The van der Waals surface area contributed by atoms with E-state index in [4.69, 9.17) is 0 Å². The average Bonchev–Trinajstić information content (AvgIpc) is 2.88. The van der Waals surface area contributed by atoms with Crippen molar-refractivity contribution in [1.29, 1.82) is 0 Å². The molecule has 0 saturated heterocycles. The van der Waals surface area contributed by atoms with Gasteiger partial charge in [-0.25, -0.2) is 4.98 Å². The summed E-state index contributed by atoms with van der Waals surface area (Å²) in [6, 6.07) is 1.99. The van der Waals surface area contributed by atoms with Gasteiger partial charge in [-0.3, -0.25) is 4.79 Å². The SMILES string of the molecule is CCn1ccnc1CC(=O)Cc1ccsc1. The Hall–Kier alpha value is -1.42. The molecule has 0 aromatic carbocycles. The summed E-state index contributed by atoms with van der Waals surface area (Å²) in [7, 11) is 0. The van der Waals surface area contributed by atoms with Gasteiger partial charge in [-0.1, -0.05) is 0 Å². The first-order valence-electron chi connectivity index (χ1n) is 5.32. The summed E-state index contributed by atoms with van der Waals surface area (Å²) < 4.78 is 2.01. The quantitative estimate of drug-likeness (QED) is 0.795. The number of aromatic nitrogens is 2. The molecule has 4 heteroatoms. The molecule has 3 nitrogen and oxygen atoms in total. The van der Waals surface area contributed by atoms with E-state index in [0.717, 1.165) is 17.9 Å². The van der Waals surface area contributed by atoms with E-state index in [0.29, 0.717) is 12.8 Å². The molecule has 0 amide bonds. The zero-order valence-electron chi connectivity index (χ0n) is 9.22. The minimum atomic E-state index is 0.222. The summed E-state index contributed by atoms with van der Waals surface area (Å²) in [5.74, 6) is 1.09. The smallest absolute Gasteiger partial charge is 0.144 e. The van der Waals surface area contributed by atoms with Crippen LogP contribution in [0.3, 0.4) is 0 Å². The summed E-state index contributed by atoms with van der Waals surface area (Å²) in [6.07, 6.45) is 4.60. The van der Waals surface area contributed by atoms with E-state index in [9.17, 15) is 4.79 Å². The van der Waals surface area contributed by atoms with Gasteiger partial charge >= 0.3 is 0 Å². The minimum absolute atomic E-state index is 0.222. The molecule has 0 spiro atoms. The van der Waals surface area contributed by atoms with Crippen LogP contribution in [0.4, 0.5) is 0 Å². The van der Waals surface area contributed by atoms with Crippen LogP contribution in [-0.2, 0) is 24.2 Å². The molecule has 2 aromatic rings. The number of thiophene rings is 1. The van der Waals surface area contributed by atoms with Crippen molar-refractivity contribution in [3.8, 4) is 0 Å². The molecule has 2 heterocycles. The van der Waals surface area contributed by atoms with Crippen LogP contribution in [0, 0.1) is 0 Å². The zero-order chi connectivity index (χ0) is 11.4. The number of rotatable bonds is 5. The van der Waals surface area contributed by atoms with Crippen LogP contribution in [0.15, 0.2) is 29.2 Å². The fourth-order valence-electron chi connectivity index (χ4n) is 1.65. The molecule has 16 heavy (non-hydrogen) atoms. The van der Waals surface area contributed by atoms with Crippen molar-refractivity contribution in [3.63, 3.8) is 0 Å². The largest absolute Gasteiger partial charge is 0.335 e. The number of carbonyl (C=O) groups excluding carboxylic acids is 1. The third-order valence-corrected chi connectivity index (χ3v) is 3.21. The van der Waals surface area contributed by atoms with Gasteiger partial charge in [0.1, 0.15) is 11.6 Å². The standard InChI is InChI=1S/C12H14N2OS/c1-2-14-5-4-13-12(14)8-11(15)7-10-3-6-16-9-10/h3-6,9H,2,7-8H2,1H3. The van der Waals surface area contributed by atoms with E-state index in [1.54, 1.807) is 17.5 Å². The van der Waals surface area contributed by atoms with Crippen LogP contribution in [0.5, 0.6) is 0 Å². The fraction of sp³-hybridized carbons (Fsp3) is 0.333. The Morgan fingerprint density at radius 3 is 3.06 bits per heavy atom. The molecular formula is C12H14N2OS. The normalized spacial score (nSPS) is 10.6. The Balaban J connectivity index is 1.97. The Morgan fingerprint density at radius 1 is 1.50 bits per heavy atom. The maximum absolute atomic E-state index is 11.8. The monoisotopic (exact) mass is 234 g/mol. The van der Waals surface area contributed by atoms with E-state index in [1.165, 1.54) is 0 Å². The molecular weight excluding hydrogens is 220 g/mol. The van der Waals surface area contributed by atoms with Crippen molar-refractivity contribution in [1.82, 2.24) is 9.55 Å². The maximum Gasteiger partial charge on any atom is 0.144 e. The van der Waals surface area contributed by atoms with Gasteiger partial charge < -0.3 is 4.57 Å². The highest BCUT2D eigenvalue weighted by Crippen LogP contribution is 2.08. The van der Waals surface area contributed by atoms with Crippen LogP contribution in [0.2, 0.25) is 0 Å². The third kappa shape index (κ3) is 2.58. The van der Waals surface area contributed by atoms with Crippen LogP contribution >= 0.6 is 11.3 Å². The van der Waals surface area contributed by atoms with Crippen molar-refractivity contribution < 1.29 is 4.79 Å². The van der Waals surface area contributed by atoms with Gasteiger partial charge in [0, 0.05) is 25.4 Å². The molecule has 2 rings (SSSR count). The molecule has 84 valence electrons. The Morgan fingerprint density at radius 2 is 2.38 bits per heavy atom. The van der Waals surface area contributed by atoms with Crippen molar-refractivity contribution in [2.24, 2.45) is 0 Å². The number of hydrogen-bond donors (Lipinski definition) is 0. The van der Waals surface area contributed by atoms with Gasteiger partial charge in [0.15, 0.2) is 0 Å². The first-order chi connectivity index (χ1) is 7.79. The van der Waals surface area contributed by atoms with Crippen molar-refractivity contribution in [2.75, 3.05) is 0 Å². The zero-order valence-corrected chi connectivity index (χ0v) is 10.0. The topological polar surface area (TPSA) is 34.9 Å². The van der Waals surface area contributed by atoms with Gasteiger partial charge in [0.05, 0.1) is 6.42 Å². The predicted molar refractivity (Wildman–Crippen MR) is 64.6 cm³/mol. The molecule has 0 aliphatic rings. The highest BCUT2D eigenvalue weighted by atomic mass is 32.1. The number of imidazole rings is 1. The predicted octanol–water partition coefficient (Wildman–Crippen LogP) is 2.32. The van der Waals surface area contributed by atoms with Crippen LogP contribution in [0.25, 0.3) is 0 Å². The third-order valence-electron chi connectivity index (χ3n) is 2.48. The van der Waals surface area contributed by atoms with Crippen molar-refractivity contribution in [3.05, 3.63) is 40.6 Å². The molecule has 0 unspecified atom stereocenters. The molecule has 0 radical (unpaired) electrons. The number of nitrogens with zero attached hydrogens (tertiary/aromatic N) is 2. The van der Waals surface area contributed by atoms with Crippen LogP contribution < -0.4 is 0 Å². The van der Waals surface area contributed by atoms with E-state index in [2.05, 4.69) is 11.9 Å². The van der Waals surface area contributed by atoms with Gasteiger partial charge in [-0.05, 0) is 29.3 Å². The van der Waals surface area contributed by atoms with Crippen LogP contribution in [0.1, 0.15) is 18.3 Å². The fourth-order valence-corrected chi connectivity index (χ4v) is 2.32. The molecule has 2 aromatic heterocycles. The summed E-state index contributed by atoms with van der Waals surface area (Å²) in [5.41, 5.74) is 1.10. The molecule has 0 bridgehead atoms. The van der Waals surface area contributed by atoms with Crippen molar-refractivity contribution in [2.45, 2.75) is 26.3 Å². The Labute approximate surface area is 98.8 Å². The lowest BCUT2D eigenvalue weighted by Crippen LogP contribution is -2.11. The van der Waals surface area contributed by atoms with Crippen LogP contribution in [-0.4, -0.2) is 15.3 Å². The molecule has 0 fully saturated rings. The molecule has 0 atom stereocenters. The first kappa shape index (κ1) is 11.1. The average molecular weight is 234 g/mol. The highest BCUT2D eigenvalue weighted by molar-refractivity contribution is 7.07. The molecule has 0 aliphatic carbocycles. The minimum Gasteiger partial charge on any atom is -0.335 e. The number of hydrogen-bond acceptors (Lipinski definition) is 3. The van der Waals surface area contributed by atoms with E-state index >= 15 is 0 Å². The molecule has 0 N–H and O–H groups in total. The number of aryl methyl sites for hydroxylation is 1. The second-order valence-electron chi connectivity index (χ2n) is 3.65. The number of carbonyl (C=O) groups is 1. The van der Waals surface area contributed by atoms with E-state index < -0.39 is 0 Å². The number of Topliss-reactive ketones (excluding diaryl/α,β-unsaturated/α-hetero) is 1. The van der Waals surface area contributed by atoms with E-state index in [1.807, 2.05) is 27.6 Å². The van der Waals surface area contributed by atoms with Gasteiger partial charge in [-0.2, -0.15) is 11.3 Å². The summed E-state index contributed by atoms with van der Waals surface area (Å²) in [4.78, 5) is 16.0. The summed E-state index contributed by atoms with van der Waals surface area (Å²) >= 11 is 1.62. The Bertz CT molecular complexity index is 459.